The Labute approximate surface area is 138 Å². The van der Waals surface area contributed by atoms with Crippen LogP contribution in [-0.2, 0) is 0 Å². The maximum Gasteiger partial charge on any atom is 0.141 e. The highest BCUT2D eigenvalue weighted by Gasteiger charge is 2.20. The van der Waals surface area contributed by atoms with Crippen LogP contribution in [0.5, 0.6) is 11.5 Å². The first-order valence-corrected chi connectivity index (χ1v) is 7.59. The number of nitrogens with two attached hydrogens (primary N) is 1. The van der Waals surface area contributed by atoms with Crippen LogP contribution in [0.3, 0.4) is 0 Å². The van der Waals surface area contributed by atoms with Crippen molar-refractivity contribution in [3.63, 3.8) is 0 Å². The molecule has 1 unspecified atom stereocenters. The molecule has 0 radical (unpaired) electrons. The maximum absolute atomic E-state index is 6.42. The minimum absolute atomic E-state index is 0.333. The summed E-state index contributed by atoms with van der Waals surface area (Å²) in [5.41, 5.74) is 9.24. The van der Waals surface area contributed by atoms with E-state index in [1.165, 1.54) is 0 Å². The molecule has 0 amide bonds. The van der Waals surface area contributed by atoms with E-state index in [0.717, 1.165) is 21.2 Å². The quantitative estimate of drug-likeness (QED) is 0.863. The van der Waals surface area contributed by atoms with E-state index in [4.69, 9.17) is 26.8 Å². The van der Waals surface area contributed by atoms with Crippen molar-refractivity contribution in [1.82, 2.24) is 0 Å². The second-order valence-electron chi connectivity index (χ2n) is 4.64. The van der Waals surface area contributed by atoms with Crippen LogP contribution in [0.2, 0.25) is 5.02 Å². The van der Waals surface area contributed by atoms with Crippen LogP contribution in [0.25, 0.3) is 0 Å². The Morgan fingerprint density at radius 3 is 2.43 bits per heavy atom. The van der Waals surface area contributed by atoms with Crippen molar-refractivity contribution in [2.75, 3.05) is 14.2 Å². The van der Waals surface area contributed by atoms with Crippen molar-refractivity contribution in [3.05, 3.63) is 56.5 Å². The number of ether oxygens (including phenoxy) is 2. The molecule has 21 heavy (non-hydrogen) atoms. The van der Waals surface area contributed by atoms with Crippen LogP contribution < -0.4 is 15.2 Å². The Bertz CT molecular complexity index is 661. The van der Waals surface area contributed by atoms with E-state index in [0.29, 0.717) is 16.5 Å². The number of rotatable bonds is 4. The monoisotopic (exact) mass is 369 g/mol. The molecule has 0 fully saturated rings. The van der Waals surface area contributed by atoms with Gasteiger partial charge in [-0.15, -0.1) is 0 Å². The van der Waals surface area contributed by atoms with E-state index in [-0.39, 0.29) is 6.04 Å². The molecular formula is C16H17BrClNO2. The van der Waals surface area contributed by atoms with Crippen LogP contribution in [0.4, 0.5) is 0 Å². The lowest BCUT2D eigenvalue weighted by Gasteiger charge is -2.20. The summed E-state index contributed by atoms with van der Waals surface area (Å²) in [6.07, 6.45) is 0. The molecule has 0 saturated carbocycles. The van der Waals surface area contributed by atoms with Gasteiger partial charge in [-0.1, -0.05) is 23.7 Å². The summed E-state index contributed by atoms with van der Waals surface area (Å²) in [4.78, 5) is 0. The van der Waals surface area contributed by atoms with Gasteiger partial charge in [0.1, 0.15) is 16.0 Å². The SMILES string of the molecule is COc1ccc(C(N)c2cccc(Cl)c2C)c(OC)c1Br. The normalized spacial score (nSPS) is 12.1. The molecule has 0 aliphatic heterocycles. The van der Waals surface area contributed by atoms with Gasteiger partial charge in [0.05, 0.1) is 20.3 Å². The topological polar surface area (TPSA) is 44.5 Å². The van der Waals surface area contributed by atoms with E-state index >= 15 is 0 Å². The second-order valence-corrected chi connectivity index (χ2v) is 5.84. The molecule has 0 aliphatic rings. The Balaban J connectivity index is 2.56. The lowest BCUT2D eigenvalue weighted by molar-refractivity contribution is 0.385. The maximum atomic E-state index is 6.42. The minimum Gasteiger partial charge on any atom is -0.495 e. The van der Waals surface area contributed by atoms with Gasteiger partial charge in [0.15, 0.2) is 0 Å². The summed E-state index contributed by atoms with van der Waals surface area (Å²) < 4.78 is 11.5. The lowest BCUT2D eigenvalue weighted by Crippen LogP contribution is -2.15. The fourth-order valence-electron chi connectivity index (χ4n) is 2.29. The standard InChI is InChI=1S/C16H17BrClNO2/c1-9-10(5-4-6-12(9)18)15(19)11-7-8-13(20-2)14(17)16(11)21-3/h4-8,15H,19H2,1-3H3. The Morgan fingerprint density at radius 2 is 1.81 bits per heavy atom. The zero-order chi connectivity index (χ0) is 15.6. The summed E-state index contributed by atoms with van der Waals surface area (Å²) in [7, 11) is 3.22. The van der Waals surface area contributed by atoms with E-state index in [9.17, 15) is 0 Å². The fraction of sp³-hybridized carbons (Fsp3) is 0.250. The van der Waals surface area contributed by atoms with E-state index in [2.05, 4.69) is 15.9 Å². The molecule has 0 spiro atoms. The molecule has 0 bridgehead atoms. The highest BCUT2D eigenvalue weighted by atomic mass is 79.9. The average molecular weight is 371 g/mol. The smallest absolute Gasteiger partial charge is 0.141 e. The van der Waals surface area contributed by atoms with Crippen molar-refractivity contribution in [1.29, 1.82) is 0 Å². The number of methoxy groups -OCH3 is 2. The van der Waals surface area contributed by atoms with Gasteiger partial charge in [0, 0.05) is 10.6 Å². The van der Waals surface area contributed by atoms with E-state index in [1.54, 1.807) is 14.2 Å². The zero-order valence-corrected chi connectivity index (χ0v) is 14.5. The third-order valence-corrected chi connectivity index (χ3v) is 4.66. The van der Waals surface area contributed by atoms with Crippen molar-refractivity contribution in [2.45, 2.75) is 13.0 Å². The average Bonchev–Trinajstić information content (AvgIpc) is 2.49. The molecule has 0 aromatic heterocycles. The first-order valence-electron chi connectivity index (χ1n) is 6.42. The van der Waals surface area contributed by atoms with Gasteiger partial charge in [0.25, 0.3) is 0 Å². The fourth-order valence-corrected chi connectivity index (χ4v) is 3.16. The Morgan fingerprint density at radius 1 is 1.10 bits per heavy atom. The summed E-state index contributed by atoms with van der Waals surface area (Å²) in [6, 6.07) is 9.17. The third kappa shape index (κ3) is 3.03. The van der Waals surface area contributed by atoms with Crippen molar-refractivity contribution in [2.24, 2.45) is 5.73 Å². The largest absolute Gasteiger partial charge is 0.495 e. The number of halogens is 2. The van der Waals surface area contributed by atoms with Gasteiger partial charge in [-0.05, 0) is 52.2 Å². The zero-order valence-electron chi connectivity index (χ0n) is 12.1. The summed E-state index contributed by atoms with van der Waals surface area (Å²) >= 11 is 9.68. The Kier molecular flexibility index (Phi) is 5.14. The highest BCUT2D eigenvalue weighted by Crippen LogP contribution is 2.41. The summed E-state index contributed by atoms with van der Waals surface area (Å²) in [6.45, 7) is 1.96. The van der Waals surface area contributed by atoms with Gasteiger partial charge >= 0.3 is 0 Å². The van der Waals surface area contributed by atoms with Gasteiger partial charge in [-0.25, -0.2) is 0 Å². The predicted octanol–water partition coefficient (Wildman–Crippen LogP) is 4.48. The molecule has 112 valence electrons. The van der Waals surface area contributed by atoms with Crippen LogP contribution in [0.1, 0.15) is 22.7 Å². The first-order chi connectivity index (χ1) is 10.0. The van der Waals surface area contributed by atoms with E-state index < -0.39 is 0 Å². The molecule has 0 heterocycles. The van der Waals surface area contributed by atoms with Crippen molar-refractivity contribution < 1.29 is 9.47 Å². The van der Waals surface area contributed by atoms with Gasteiger partial charge in [0.2, 0.25) is 0 Å². The van der Waals surface area contributed by atoms with Gasteiger partial charge in [-0.2, -0.15) is 0 Å². The first kappa shape index (κ1) is 16.1. The molecular weight excluding hydrogens is 354 g/mol. The van der Waals surface area contributed by atoms with Gasteiger partial charge < -0.3 is 15.2 Å². The van der Waals surface area contributed by atoms with E-state index in [1.807, 2.05) is 37.3 Å². The summed E-state index contributed by atoms with van der Waals surface area (Å²) in [5.74, 6) is 1.37. The number of hydrogen-bond acceptors (Lipinski definition) is 3. The van der Waals surface area contributed by atoms with Crippen LogP contribution in [-0.4, -0.2) is 14.2 Å². The van der Waals surface area contributed by atoms with Crippen LogP contribution in [0, 0.1) is 6.92 Å². The molecule has 5 heteroatoms. The molecule has 0 aliphatic carbocycles. The van der Waals surface area contributed by atoms with Crippen LogP contribution in [0.15, 0.2) is 34.8 Å². The molecule has 2 rings (SSSR count). The second kappa shape index (κ2) is 6.69. The van der Waals surface area contributed by atoms with Gasteiger partial charge in [-0.3, -0.25) is 0 Å². The number of benzene rings is 2. The molecule has 2 aromatic carbocycles. The molecule has 1 atom stereocenters. The summed E-state index contributed by atoms with van der Waals surface area (Å²) in [5, 5.41) is 0.703. The third-order valence-electron chi connectivity index (χ3n) is 3.50. The number of hydrogen-bond donors (Lipinski definition) is 1. The molecule has 2 aromatic rings. The van der Waals surface area contributed by atoms with Crippen LogP contribution >= 0.6 is 27.5 Å². The molecule has 0 saturated heterocycles. The Hall–Kier alpha value is -1.23. The van der Waals surface area contributed by atoms with Crippen molar-refractivity contribution in [3.8, 4) is 11.5 Å². The van der Waals surface area contributed by atoms with Crippen molar-refractivity contribution >= 4 is 27.5 Å². The molecule has 2 N–H and O–H groups in total. The minimum atomic E-state index is -0.333. The lowest BCUT2D eigenvalue weighted by atomic mass is 9.95. The highest BCUT2D eigenvalue weighted by molar-refractivity contribution is 9.10. The predicted molar refractivity (Wildman–Crippen MR) is 89.5 cm³/mol. The molecule has 3 nitrogen and oxygen atoms in total.